The van der Waals surface area contributed by atoms with Crippen molar-refractivity contribution in [1.29, 1.82) is 0 Å². The van der Waals surface area contributed by atoms with Crippen molar-refractivity contribution in [3.05, 3.63) is 372 Å². The predicted octanol–water partition coefficient (Wildman–Crippen LogP) is 20.6. The third-order valence-electron chi connectivity index (χ3n) is 16.9. The summed E-state index contributed by atoms with van der Waals surface area (Å²) in [4.78, 5) is 4.17. The molecule has 0 N–H and O–H groups in total. The average molecular weight is 1060 g/mol. The molecule has 0 saturated heterocycles. The van der Waals surface area contributed by atoms with E-state index in [1.165, 1.54) is 23.3 Å². The van der Waals surface area contributed by atoms with Gasteiger partial charge in [0.05, 0.1) is 10.8 Å². The van der Waals surface area contributed by atoms with Crippen molar-refractivity contribution in [2.24, 2.45) is 0 Å². The fourth-order valence-corrected chi connectivity index (χ4v) is 13.3. The Morgan fingerprint density at radius 2 is 0.549 bits per heavy atom. The van der Waals surface area contributed by atoms with Crippen molar-refractivity contribution in [3.8, 4) is 33.4 Å². The van der Waals surface area contributed by atoms with Crippen molar-refractivity contribution in [2.45, 2.75) is 10.8 Å². The van der Waals surface area contributed by atoms with Crippen LogP contribution in [0.15, 0.2) is 304 Å². The topological polar surface area (TPSA) is 6.48 Å². The second-order valence-corrected chi connectivity index (χ2v) is 21.1. The van der Waals surface area contributed by atoms with Gasteiger partial charge < -0.3 is 9.80 Å². The smallest absolute Gasteiger partial charge is 0.133 e. The number of rotatable bonds is 13. The molecule has 0 amide bonds. The molecule has 2 aliphatic carbocycles. The third-order valence-corrected chi connectivity index (χ3v) is 16.9. The summed E-state index contributed by atoms with van der Waals surface area (Å²) in [5, 5.41) is 0. The van der Waals surface area contributed by atoms with Gasteiger partial charge in [0.15, 0.2) is 0 Å². The highest BCUT2D eigenvalue weighted by Crippen LogP contribution is 2.59. The molecule has 4 heteroatoms. The van der Waals surface area contributed by atoms with E-state index < -0.39 is 22.5 Å². The Kier molecular flexibility index (Phi) is 12.4. The number of benzene rings is 12. The number of halogens is 2. The molecule has 0 bridgehead atoms. The Morgan fingerprint density at radius 1 is 0.256 bits per heavy atom. The summed E-state index contributed by atoms with van der Waals surface area (Å²) in [5.41, 5.74) is 19.4. The number of para-hydroxylation sites is 2. The van der Waals surface area contributed by atoms with E-state index in [1.807, 2.05) is 84.9 Å². The molecule has 0 heterocycles. The minimum atomic E-state index is -0.669. The summed E-state index contributed by atoms with van der Waals surface area (Å²) in [7, 11) is 0. The maximum atomic E-state index is 17.3. The number of hydrogen-bond acceptors (Lipinski definition) is 2. The summed E-state index contributed by atoms with van der Waals surface area (Å²) < 4.78 is 34.7. The van der Waals surface area contributed by atoms with Crippen molar-refractivity contribution in [1.82, 2.24) is 0 Å². The highest BCUT2D eigenvalue weighted by Gasteiger charge is 2.48. The molecular formula is C78H54F2N2. The highest BCUT2D eigenvalue weighted by molar-refractivity contribution is 5.92. The average Bonchev–Trinajstić information content (AvgIpc) is 2.34. The Labute approximate surface area is 478 Å². The van der Waals surface area contributed by atoms with Crippen molar-refractivity contribution >= 4 is 46.3 Å². The molecule has 12 aromatic rings. The van der Waals surface area contributed by atoms with Crippen LogP contribution in [-0.4, -0.2) is 0 Å². The standard InChI is InChI=1S/C78H54F2N2/c1-3-53-33-37-57(38-34-53)77(55-21-9-5-10-22-55)71-31-19-17-29-65(71)67-45-41-61(49-73(67)77)81(59-25-13-7-14-26-59)63-43-47-69(75(79)51-63)70-48-44-64(52-76(70)80)82(60-27-15-8-16-28-60)62-42-46-68-66-30-18-20-32-72(66)78(74(68)50-62,56-23-11-6-12-24-56)58-39-35-54(4-2)36-40-58/h3-52H,1-2H2. The first-order valence-corrected chi connectivity index (χ1v) is 27.8. The van der Waals surface area contributed by atoms with E-state index in [0.29, 0.717) is 11.4 Å². The summed E-state index contributed by atoms with van der Waals surface area (Å²) in [6.07, 6.45) is 3.74. The van der Waals surface area contributed by atoms with E-state index >= 15 is 8.78 Å². The van der Waals surface area contributed by atoms with Crippen LogP contribution in [0.25, 0.3) is 45.5 Å². The summed E-state index contributed by atoms with van der Waals surface area (Å²) >= 11 is 0. The Bertz CT molecular complexity index is 4100. The van der Waals surface area contributed by atoms with Crippen LogP contribution in [0, 0.1) is 11.6 Å². The van der Waals surface area contributed by atoms with Crippen LogP contribution in [0.5, 0.6) is 0 Å². The zero-order valence-corrected chi connectivity index (χ0v) is 44.9. The van der Waals surface area contributed by atoms with Gasteiger partial charge in [-0.2, -0.15) is 0 Å². The van der Waals surface area contributed by atoms with Gasteiger partial charge in [0.2, 0.25) is 0 Å². The van der Waals surface area contributed by atoms with Gasteiger partial charge in [-0.1, -0.05) is 232 Å². The minimum absolute atomic E-state index is 0.160. The SMILES string of the molecule is C=Cc1ccc(C2(c3ccccc3)c3ccccc3-c3ccc(N(c4ccccc4)c4ccc(-c5ccc(N(c6ccccc6)c6ccc7c(c6)C(c6ccccc6)(c6ccc(C=C)cc6)c6ccccc6-7)cc5F)c(F)c4)cc32)cc1. The lowest BCUT2D eigenvalue weighted by Crippen LogP contribution is -2.28. The fraction of sp³-hybridized carbons (Fsp3) is 0.0256. The van der Waals surface area contributed by atoms with Crippen LogP contribution >= 0.6 is 0 Å². The molecular weight excluding hydrogens is 1000 g/mol. The lowest BCUT2D eigenvalue weighted by Gasteiger charge is -2.35. The largest absolute Gasteiger partial charge is 0.310 e. The van der Waals surface area contributed by atoms with E-state index in [-0.39, 0.29) is 11.1 Å². The van der Waals surface area contributed by atoms with E-state index in [4.69, 9.17) is 0 Å². The van der Waals surface area contributed by atoms with Gasteiger partial charge in [0.1, 0.15) is 11.6 Å². The molecule has 14 rings (SSSR count). The van der Waals surface area contributed by atoms with E-state index in [2.05, 4.69) is 217 Å². The van der Waals surface area contributed by atoms with Crippen LogP contribution < -0.4 is 9.80 Å². The molecule has 390 valence electrons. The van der Waals surface area contributed by atoms with Gasteiger partial charge in [-0.05, 0) is 163 Å². The Morgan fingerprint density at radius 3 is 0.902 bits per heavy atom. The van der Waals surface area contributed by atoms with Gasteiger partial charge in [-0.25, -0.2) is 8.78 Å². The van der Waals surface area contributed by atoms with E-state index in [1.54, 1.807) is 12.1 Å². The molecule has 2 unspecified atom stereocenters. The lowest BCUT2D eigenvalue weighted by atomic mass is 9.67. The first-order valence-electron chi connectivity index (χ1n) is 27.8. The molecule has 2 atom stereocenters. The maximum Gasteiger partial charge on any atom is 0.133 e. The first kappa shape index (κ1) is 49.8. The Hall–Kier alpha value is -10.4. The van der Waals surface area contributed by atoms with Gasteiger partial charge in [0.25, 0.3) is 0 Å². The highest BCUT2D eigenvalue weighted by atomic mass is 19.1. The molecule has 0 radical (unpaired) electrons. The van der Waals surface area contributed by atoms with Crippen molar-refractivity contribution in [2.75, 3.05) is 9.80 Å². The molecule has 2 aliphatic rings. The fourth-order valence-electron chi connectivity index (χ4n) is 13.3. The molecule has 0 aromatic heterocycles. The number of fused-ring (bicyclic) bond motifs is 6. The molecule has 0 saturated carbocycles. The van der Waals surface area contributed by atoms with Gasteiger partial charge in [-0.3, -0.25) is 0 Å². The van der Waals surface area contributed by atoms with Crippen molar-refractivity contribution in [3.63, 3.8) is 0 Å². The van der Waals surface area contributed by atoms with Crippen molar-refractivity contribution < 1.29 is 8.78 Å². The molecule has 82 heavy (non-hydrogen) atoms. The molecule has 0 fully saturated rings. The van der Waals surface area contributed by atoms with Gasteiger partial charge >= 0.3 is 0 Å². The number of hydrogen-bond donors (Lipinski definition) is 0. The van der Waals surface area contributed by atoms with Crippen LogP contribution in [-0.2, 0) is 10.8 Å². The normalized spacial score (nSPS) is 15.4. The second-order valence-electron chi connectivity index (χ2n) is 21.1. The number of anilines is 6. The monoisotopic (exact) mass is 1060 g/mol. The second kappa shape index (κ2) is 20.4. The quantitative estimate of drug-likeness (QED) is 0.114. The zero-order chi connectivity index (χ0) is 55.4. The summed E-state index contributed by atoms with van der Waals surface area (Å²) in [6, 6.07) is 99.5. The maximum absolute atomic E-state index is 17.3. The Balaban J connectivity index is 0.870. The van der Waals surface area contributed by atoms with E-state index in [9.17, 15) is 0 Å². The first-order chi connectivity index (χ1) is 40.4. The van der Waals surface area contributed by atoms with Gasteiger partial charge in [-0.15, -0.1) is 0 Å². The third kappa shape index (κ3) is 7.90. The predicted molar refractivity (Wildman–Crippen MR) is 336 cm³/mol. The molecule has 2 nitrogen and oxygen atoms in total. The van der Waals surface area contributed by atoms with Crippen LogP contribution in [0.1, 0.15) is 55.6 Å². The zero-order valence-electron chi connectivity index (χ0n) is 44.9. The van der Waals surface area contributed by atoms with E-state index in [0.717, 1.165) is 89.5 Å². The lowest BCUT2D eigenvalue weighted by molar-refractivity contribution is 0.616. The van der Waals surface area contributed by atoms with Gasteiger partial charge in [0, 0.05) is 45.3 Å². The summed E-state index contributed by atoms with van der Waals surface area (Å²) in [5.74, 6) is -1.09. The molecule has 12 aromatic carbocycles. The van der Waals surface area contributed by atoms with Crippen LogP contribution in [0.4, 0.5) is 42.9 Å². The van der Waals surface area contributed by atoms with Crippen LogP contribution in [0.2, 0.25) is 0 Å². The number of nitrogens with zero attached hydrogens (tertiary/aromatic N) is 2. The molecule has 0 aliphatic heterocycles. The minimum Gasteiger partial charge on any atom is -0.310 e. The summed E-state index contributed by atoms with van der Waals surface area (Å²) in [6.45, 7) is 8.08. The molecule has 0 spiro atoms. The van der Waals surface area contributed by atoms with Crippen LogP contribution in [0.3, 0.4) is 0 Å².